The predicted molar refractivity (Wildman–Crippen MR) is 118 cm³/mol. The van der Waals surface area contributed by atoms with Crippen molar-refractivity contribution in [2.45, 2.75) is 65.1 Å². The molecule has 1 rings (SSSR count). The molecule has 0 spiro atoms. The first kappa shape index (κ1) is 24.9. The monoisotopic (exact) mass is 469 g/mol. The largest absolute Gasteiger partial charge is 0.377 e. The fourth-order valence-corrected chi connectivity index (χ4v) is 2.72. The third-order valence-electron chi connectivity index (χ3n) is 4.08. The van der Waals surface area contributed by atoms with E-state index in [1.165, 1.54) is 0 Å². The summed E-state index contributed by atoms with van der Waals surface area (Å²) in [5.74, 6) is 0.910. The first-order valence-corrected chi connectivity index (χ1v) is 9.36. The summed E-state index contributed by atoms with van der Waals surface area (Å²) in [5.41, 5.74) is 0.157. The van der Waals surface area contributed by atoms with Gasteiger partial charge < -0.3 is 25.6 Å². The van der Waals surface area contributed by atoms with Gasteiger partial charge in [0.15, 0.2) is 5.96 Å². The second kappa shape index (κ2) is 13.1. The number of nitrogens with one attached hydrogen (secondary N) is 3. The van der Waals surface area contributed by atoms with Gasteiger partial charge in [0.05, 0.1) is 12.7 Å². The number of ether oxygens (including phenoxy) is 1. The molecule has 1 saturated heterocycles. The molecule has 0 amide bonds. The number of rotatable bonds is 8. The van der Waals surface area contributed by atoms with E-state index >= 15 is 0 Å². The molecule has 0 atom stereocenters. The minimum absolute atomic E-state index is 0. The summed E-state index contributed by atoms with van der Waals surface area (Å²) < 4.78 is 5.64. The first-order valence-electron chi connectivity index (χ1n) is 9.36. The Bertz CT molecular complexity index is 363. The van der Waals surface area contributed by atoms with Crippen molar-refractivity contribution in [2.24, 2.45) is 4.99 Å². The zero-order valence-electron chi connectivity index (χ0n) is 17.0. The second-order valence-corrected chi connectivity index (χ2v) is 7.86. The van der Waals surface area contributed by atoms with Crippen LogP contribution in [0.5, 0.6) is 0 Å². The number of hydrogen-bond acceptors (Lipinski definition) is 4. The maximum absolute atomic E-state index is 5.64. The van der Waals surface area contributed by atoms with Crippen molar-refractivity contribution in [3.05, 3.63) is 0 Å². The van der Waals surface area contributed by atoms with Crippen molar-refractivity contribution in [2.75, 3.05) is 46.4 Å². The molecule has 1 aliphatic rings. The highest BCUT2D eigenvalue weighted by molar-refractivity contribution is 14.0. The van der Waals surface area contributed by atoms with E-state index in [9.17, 15) is 0 Å². The van der Waals surface area contributed by atoms with Crippen LogP contribution in [-0.2, 0) is 4.74 Å². The van der Waals surface area contributed by atoms with Gasteiger partial charge in [-0.3, -0.25) is 4.99 Å². The second-order valence-electron chi connectivity index (χ2n) is 7.86. The third kappa shape index (κ3) is 12.8. The van der Waals surface area contributed by atoms with Gasteiger partial charge in [-0.2, -0.15) is 0 Å². The van der Waals surface area contributed by atoms with Crippen molar-refractivity contribution in [1.29, 1.82) is 0 Å². The van der Waals surface area contributed by atoms with Gasteiger partial charge >= 0.3 is 0 Å². The zero-order chi connectivity index (χ0) is 18.0. The fraction of sp³-hybridized carbons (Fsp3) is 0.944. The van der Waals surface area contributed by atoms with Gasteiger partial charge in [0.1, 0.15) is 0 Å². The van der Waals surface area contributed by atoms with Crippen molar-refractivity contribution >= 4 is 29.9 Å². The molecular formula is C18H40IN5O. The van der Waals surface area contributed by atoms with Crippen molar-refractivity contribution in [1.82, 2.24) is 20.9 Å². The lowest BCUT2D eigenvalue weighted by atomic mass is 10.1. The molecule has 1 heterocycles. The minimum Gasteiger partial charge on any atom is -0.377 e. The van der Waals surface area contributed by atoms with Crippen LogP contribution < -0.4 is 16.0 Å². The number of piperidine rings is 1. The number of halogens is 1. The molecule has 150 valence electrons. The molecule has 0 aromatic carbocycles. The molecule has 1 fully saturated rings. The Morgan fingerprint density at radius 2 is 1.84 bits per heavy atom. The molecule has 0 aliphatic carbocycles. The highest BCUT2D eigenvalue weighted by atomic mass is 127. The van der Waals surface area contributed by atoms with E-state index in [1.807, 2.05) is 7.05 Å². The summed E-state index contributed by atoms with van der Waals surface area (Å²) in [6, 6.07) is 0.508. The molecule has 0 aromatic heterocycles. The van der Waals surface area contributed by atoms with Crippen LogP contribution in [0.25, 0.3) is 0 Å². The standard InChI is InChI=1S/C18H39N5O.HI/c1-15(2)24-14-13-23-11-7-16(8-12-23)22-17(19-6)20-9-10-21-18(3,4)5;/h15-16,21H,7-14H2,1-6H3,(H2,19,20,22);1H. The minimum atomic E-state index is 0. The first-order chi connectivity index (χ1) is 11.3. The van der Waals surface area contributed by atoms with Crippen LogP contribution >= 0.6 is 24.0 Å². The van der Waals surface area contributed by atoms with Gasteiger partial charge in [-0.15, -0.1) is 24.0 Å². The van der Waals surface area contributed by atoms with Crippen LogP contribution in [0.4, 0.5) is 0 Å². The van der Waals surface area contributed by atoms with Crippen LogP contribution in [0.2, 0.25) is 0 Å². The molecule has 25 heavy (non-hydrogen) atoms. The van der Waals surface area contributed by atoms with Crippen LogP contribution in [0.15, 0.2) is 4.99 Å². The van der Waals surface area contributed by atoms with Crippen molar-refractivity contribution in [3.8, 4) is 0 Å². The van der Waals surface area contributed by atoms with Gasteiger partial charge in [-0.1, -0.05) is 0 Å². The smallest absolute Gasteiger partial charge is 0.191 e. The average Bonchev–Trinajstić information content (AvgIpc) is 2.50. The van der Waals surface area contributed by atoms with E-state index in [4.69, 9.17) is 4.74 Å². The summed E-state index contributed by atoms with van der Waals surface area (Å²) in [7, 11) is 1.84. The van der Waals surface area contributed by atoms with Crippen molar-refractivity contribution in [3.63, 3.8) is 0 Å². The molecule has 0 saturated carbocycles. The summed E-state index contributed by atoms with van der Waals surface area (Å²) in [6.07, 6.45) is 2.64. The topological polar surface area (TPSA) is 60.9 Å². The fourth-order valence-electron chi connectivity index (χ4n) is 2.72. The highest BCUT2D eigenvalue weighted by Crippen LogP contribution is 2.10. The predicted octanol–water partition coefficient (Wildman–Crippen LogP) is 2.05. The van der Waals surface area contributed by atoms with Gasteiger partial charge in [0.25, 0.3) is 0 Å². The molecule has 1 aliphatic heterocycles. The van der Waals surface area contributed by atoms with E-state index in [0.717, 1.165) is 58.1 Å². The summed E-state index contributed by atoms with van der Waals surface area (Å²) in [6.45, 7) is 16.7. The van der Waals surface area contributed by atoms with E-state index in [0.29, 0.717) is 12.1 Å². The Hall–Kier alpha value is -0.120. The van der Waals surface area contributed by atoms with Gasteiger partial charge in [0, 0.05) is 51.4 Å². The Morgan fingerprint density at radius 3 is 2.36 bits per heavy atom. The van der Waals surface area contributed by atoms with Crippen LogP contribution in [0.3, 0.4) is 0 Å². The molecule has 3 N–H and O–H groups in total. The number of likely N-dealkylation sites (tertiary alicyclic amines) is 1. The Kier molecular flexibility index (Phi) is 13.0. The maximum Gasteiger partial charge on any atom is 0.191 e. The quantitative estimate of drug-likeness (QED) is 0.220. The molecule has 0 bridgehead atoms. The Labute approximate surface area is 171 Å². The molecule has 6 nitrogen and oxygen atoms in total. The normalized spacial score (nSPS) is 17.5. The average molecular weight is 469 g/mol. The lowest BCUT2D eigenvalue weighted by molar-refractivity contribution is 0.0532. The number of hydrogen-bond donors (Lipinski definition) is 3. The SMILES string of the molecule is CN=C(NCCNC(C)(C)C)NC1CCN(CCOC(C)C)CC1.I. The lowest BCUT2D eigenvalue weighted by Crippen LogP contribution is -2.50. The van der Waals surface area contributed by atoms with Crippen molar-refractivity contribution < 1.29 is 4.74 Å². The third-order valence-corrected chi connectivity index (χ3v) is 4.08. The molecule has 0 radical (unpaired) electrons. The van der Waals surface area contributed by atoms with Gasteiger partial charge in [-0.25, -0.2) is 0 Å². The van der Waals surface area contributed by atoms with Crippen LogP contribution in [0.1, 0.15) is 47.5 Å². The van der Waals surface area contributed by atoms with E-state index < -0.39 is 0 Å². The summed E-state index contributed by atoms with van der Waals surface area (Å²) in [5, 5.41) is 10.4. The van der Waals surface area contributed by atoms with E-state index in [2.05, 4.69) is 60.5 Å². The zero-order valence-corrected chi connectivity index (χ0v) is 19.4. The molecule has 0 aromatic rings. The molecular weight excluding hydrogens is 429 g/mol. The lowest BCUT2D eigenvalue weighted by Gasteiger charge is -2.33. The number of guanidine groups is 1. The Balaban J connectivity index is 0.00000576. The van der Waals surface area contributed by atoms with E-state index in [-0.39, 0.29) is 29.5 Å². The highest BCUT2D eigenvalue weighted by Gasteiger charge is 2.19. The van der Waals surface area contributed by atoms with E-state index in [1.54, 1.807) is 0 Å². The van der Waals surface area contributed by atoms with Gasteiger partial charge in [0.2, 0.25) is 0 Å². The number of nitrogens with zero attached hydrogens (tertiary/aromatic N) is 2. The van der Waals surface area contributed by atoms with Gasteiger partial charge in [-0.05, 0) is 47.5 Å². The molecule has 0 unspecified atom stereocenters. The molecule has 7 heteroatoms. The Morgan fingerprint density at radius 1 is 1.20 bits per heavy atom. The maximum atomic E-state index is 5.64. The van der Waals surface area contributed by atoms with Crippen LogP contribution in [0, 0.1) is 0 Å². The summed E-state index contributed by atoms with van der Waals surface area (Å²) >= 11 is 0. The van der Waals surface area contributed by atoms with Crippen LogP contribution in [-0.4, -0.2) is 74.9 Å². The summed E-state index contributed by atoms with van der Waals surface area (Å²) in [4.78, 5) is 6.83. The number of aliphatic imine (C=N–C) groups is 1.